The molecular weight excluding hydrogens is 260 g/mol. The normalized spacial score (nSPS) is 11.6. The van der Waals surface area contributed by atoms with Crippen LogP contribution in [0.1, 0.15) is 5.56 Å². The number of nitrogens with zero attached hydrogens (tertiary/aromatic N) is 2. The molecule has 0 saturated heterocycles. The predicted molar refractivity (Wildman–Crippen MR) is 67.6 cm³/mol. The highest BCUT2D eigenvalue weighted by molar-refractivity contribution is 8.01. The van der Waals surface area contributed by atoms with Crippen molar-refractivity contribution in [3.8, 4) is 0 Å². The minimum atomic E-state index is 0.525. The molecule has 16 heavy (non-hydrogen) atoms. The van der Waals surface area contributed by atoms with E-state index < -0.39 is 0 Å². The van der Waals surface area contributed by atoms with Crippen LogP contribution in [0.2, 0.25) is 0 Å². The molecule has 0 atom stereocenters. The second-order valence-corrected chi connectivity index (χ2v) is 6.14. The number of amides is 1. The van der Waals surface area contributed by atoms with Crippen LogP contribution in [0.25, 0.3) is 0 Å². The van der Waals surface area contributed by atoms with Gasteiger partial charge in [-0.3, -0.25) is 4.79 Å². The zero-order chi connectivity index (χ0) is 11.2. The molecule has 0 saturated carbocycles. The van der Waals surface area contributed by atoms with E-state index in [4.69, 9.17) is 0 Å². The van der Waals surface area contributed by atoms with Crippen molar-refractivity contribution in [2.45, 2.75) is 10.1 Å². The molecule has 3 nitrogen and oxygen atoms in total. The Morgan fingerprint density at radius 1 is 1.31 bits per heavy atom. The maximum atomic E-state index is 10.2. The summed E-state index contributed by atoms with van der Waals surface area (Å²) in [5.74, 6) is 0.890. The quantitative estimate of drug-likeness (QED) is 0.486. The van der Waals surface area contributed by atoms with Crippen LogP contribution in [-0.4, -0.2) is 11.4 Å². The second kappa shape index (κ2) is 5.93. The summed E-state index contributed by atoms with van der Waals surface area (Å²) < 4.78 is 0.953. The topological polar surface area (TPSA) is 42.3 Å². The highest BCUT2D eigenvalue weighted by Crippen LogP contribution is 2.24. The summed E-state index contributed by atoms with van der Waals surface area (Å²) in [5.41, 5.74) is 1.27. The van der Waals surface area contributed by atoms with Gasteiger partial charge in [0.05, 0.1) is 0 Å². The molecule has 2 rings (SSSR count). The molecule has 0 radical (unpaired) electrons. The zero-order valence-electron chi connectivity index (χ0n) is 8.20. The predicted octanol–water partition coefficient (Wildman–Crippen LogP) is 2.55. The molecule has 1 aromatic carbocycles. The summed E-state index contributed by atoms with van der Waals surface area (Å²) in [6.07, 6.45) is 0.525. The van der Waals surface area contributed by atoms with E-state index in [9.17, 15) is 4.79 Å². The van der Waals surface area contributed by atoms with E-state index in [0.717, 1.165) is 10.1 Å². The Kier molecular flexibility index (Phi) is 4.26. The molecule has 1 aromatic heterocycles. The Hall–Kier alpha value is -0.980. The van der Waals surface area contributed by atoms with Crippen LogP contribution in [0.4, 0.5) is 0 Å². The Morgan fingerprint density at radius 3 is 2.88 bits per heavy atom. The lowest BCUT2D eigenvalue weighted by molar-refractivity contribution is -0.107. The van der Waals surface area contributed by atoms with E-state index in [2.05, 4.69) is 22.1 Å². The number of benzene rings is 1. The third-order valence-corrected chi connectivity index (χ3v) is 5.31. The van der Waals surface area contributed by atoms with Crippen LogP contribution in [-0.2, 0) is 10.5 Å². The minimum absolute atomic E-state index is 0.525. The van der Waals surface area contributed by atoms with Gasteiger partial charge in [-0.25, -0.2) is 0 Å². The Balaban J connectivity index is 2.00. The van der Waals surface area contributed by atoms with E-state index in [0.29, 0.717) is 11.2 Å². The van der Waals surface area contributed by atoms with Crippen molar-refractivity contribution in [3.05, 3.63) is 40.7 Å². The molecule has 0 aliphatic rings. The molecule has 82 valence electrons. The summed E-state index contributed by atoms with van der Waals surface area (Å²) in [5, 5.41) is 0. The van der Waals surface area contributed by atoms with Crippen molar-refractivity contribution in [2.24, 2.45) is 4.99 Å². The molecule has 0 N–H and O–H groups in total. The van der Waals surface area contributed by atoms with Gasteiger partial charge in [0.1, 0.15) is 0 Å². The number of hydrogen-bond donors (Lipinski definition) is 0. The standard InChI is InChI=1S/C10H8N2OS3/c13-7-11-9-12-10(16-15-9)14-6-8-4-2-1-3-5-8/h1-5,7H,6H2. The third-order valence-electron chi connectivity index (χ3n) is 1.74. The summed E-state index contributed by atoms with van der Waals surface area (Å²) in [7, 11) is 2.97. The van der Waals surface area contributed by atoms with Crippen LogP contribution < -0.4 is 4.80 Å². The molecule has 6 heteroatoms. The molecule has 0 bridgehead atoms. The van der Waals surface area contributed by atoms with Gasteiger partial charge in [0.25, 0.3) is 0 Å². The number of aromatic nitrogens is 1. The molecule has 0 fully saturated rings. The fraction of sp³-hybridized carbons (Fsp3) is 0.100. The largest absolute Gasteiger partial charge is 0.276 e. The first kappa shape index (κ1) is 11.5. The number of thioether (sulfide) groups is 1. The van der Waals surface area contributed by atoms with E-state index in [1.54, 1.807) is 22.1 Å². The molecule has 0 aliphatic heterocycles. The number of hydrogen-bond acceptors (Lipinski definition) is 5. The molecule has 0 spiro atoms. The van der Waals surface area contributed by atoms with Gasteiger partial charge in [-0.1, -0.05) is 42.1 Å². The van der Waals surface area contributed by atoms with Crippen molar-refractivity contribution < 1.29 is 4.79 Å². The zero-order valence-corrected chi connectivity index (χ0v) is 10.6. The SMILES string of the molecule is O=CN=c1nc(SCc2ccccc2)ss1. The number of rotatable bonds is 4. The molecule has 0 aliphatic carbocycles. The van der Waals surface area contributed by atoms with Gasteiger partial charge in [-0.05, 0) is 26.2 Å². The smallest absolute Gasteiger partial charge is 0.235 e. The lowest BCUT2D eigenvalue weighted by atomic mass is 10.2. The molecule has 0 unspecified atom stereocenters. The van der Waals surface area contributed by atoms with E-state index in [1.165, 1.54) is 15.9 Å². The first-order valence-electron chi connectivity index (χ1n) is 4.50. The maximum absolute atomic E-state index is 10.2. The van der Waals surface area contributed by atoms with Crippen molar-refractivity contribution in [1.29, 1.82) is 0 Å². The van der Waals surface area contributed by atoms with Crippen LogP contribution in [0, 0.1) is 0 Å². The highest BCUT2D eigenvalue weighted by Gasteiger charge is 2.00. The van der Waals surface area contributed by atoms with Gasteiger partial charge in [0, 0.05) is 5.75 Å². The lowest BCUT2D eigenvalue weighted by Crippen LogP contribution is -1.97. The van der Waals surface area contributed by atoms with Crippen LogP contribution in [0.5, 0.6) is 0 Å². The van der Waals surface area contributed by atoms with Crippen molar-refractivity contribution in [1.82, 2.24) is 4.98 Å². The maximum Gasteiger partial charge on any atom is 0.235 e. The molecule has 2 aromatic rings. The third kappa shape index (κ3) is 3.26. The molecular formula is C10H8N2OS3. The monoisotopic (exact) mass is 268 g/mol. The van der Waals surface area contributed by atoms with Crippen LogP contribution >= 0.6 is 32.4 Å². The summed E-state index contributed by atoms with van der Waals surface area (Å²) in [6.45, 7) is 0. The Labute approximate surface area is 104 Å². The average molecular weight is 268 g/mol. The van der Waals surface area contributed by atoms with Gasteiger partial charge in [-0.2, -0.15) is 9.98 Å². The fourth-order valence-corrected chi connectivity index (χ4v) is 4.19. The molecule has 1 heterocycles. The van der Waals surface area contributed by atoms with Gasteiger partial charge in [-0.15, -0.1) is 0 Å². The van der Waals surface area contributed by atoms with Crippen molar-refractivity contribution >= 4 is 38.9 Å². The van der Waals surface area contributed by atoms with E-state index >= 15 is 0 Å². The van der Waals surface area contributed by atoms with Gasteiger partial charge in [0.15, 0.2) is 4.34 Å². The van der Waals surface area contributed by atoms with Crippen LogP contribution in [0.15, 0.2) is 39.7 Å². The number of carbonyl (C=O) groups is 1. The summed E-state index contributed by atoms with van der Waals surface area (Å²) >= 11 is 1.66. The Morgan fingerprint density at radius 2 is 2.12 bits per heavy atom. The first-order valence-corrected chi connectivity index (χ1v) is 7.63. The summed E-state index contributed by atoms with van der Waals surface area (Å²) in [6, 6.07) is 10.2. The average Bonchev–Trinajstić information content (AvgIpc) is 2.76. The first-order chi connectivity index (χ1) is 7.88. The minimum Gasteiger partial charge on any atom is -0.276 e. The van der Waals surface area contributed by atoms with Crippen molar-refractivity contribution in [3.63, 3.8) is 0 Å². The van der Waals surface area contributed by atoms with Gasteiger partial charge >= 0.3 is 0 Å². The fourth-order valence-electron chi connectivity index (χ4n) is 1.06. The highest BCUT2D eigenvalue weighted by atomic mass is 32.9. The van der Waals surface area contributed by atoms with E-state index in [-0.39, 0.29) is 0 Å². The Bertz CT molecular complexity index is 518. The van der Waals surface area contributed by atoms with Gasteiger partial charge in [0.2, 0.25) is 11.2 Å². The van der Waals surface area contributed by atoms with Crippen molar-refractivity contribution in [2.75, 3.05) is 0 Å². The second-order valence-electron chi connectivity index (χ2n) is 2.84. The van der Waals surface area contributed by atoms with Gasteiger partial charge < -0.3 is 0 Å². The van der Waals surface area contributed by atoms with Crippen LogP contribution in [0.3, 0.4) is 0 Å². The summed E-state index contributed by atoms with van der Waals surface area (Å²) in [4.78, 5) is 18.5. The number of carbonyl (C=O) groups excluding carboxylic acids is 1. The van der Waals surface area contributed by atoms with E-state index in [1.807, 2.05) is 18.2 Å². The molecule has 1 amide bonds. The lowest BCUT2D eigenvalue weighted by Gasteiger charge is -1.96.